The van der Waals surface area contributed by atoms with Crippen molar-refractivity contribution in [2.24, 2.45) is 0 Å². The lowest BCUT2D eigenvalue weighted by atomic mass is 10.4. The Labute approximate surface area is 105 Å². The van der Waals surface area contributed by atoms with Gasteiger partial charge < -0.3 is 14.2 Å². The number of furan rings is 1. The van der Waals surface area contributed by atoms with Gasteiger partial charge in [0.15, 0.2) is 0 Å². The molecule has 0 atom stereocenters. The Morgan fingerprint density at radius 1 is 1.35 bits per heavy atom. The van der Waals surface area contributed by atoms with Crippen LogP contribution in [0, 0.1) is 0 Å². The Morgan fingerprint density at radius 3 is 3.00 bits per heavy atom. The number of rotatable bonds is 7. The van der Waals surface area contributed by atoms with Crippen molar-refractivity contribution < 1.29 is 8.83 Å². The first-order chi connectivity index (χ1) is 8.38. The first-order valence-corrected chi connectivity index (χ1v) is 6.67. The molecule has 2 rings (SSSR count). The second kappa shape index (κ2) is 6.51. The fourth-order valence-electron chi connectivity index (χ4n) is 1.40. The summed E-state index contributed by atoms with van der Waals surface area (Å²) in [6.45, 7) is 3.95. The second-order valence-corrected chi connectivity index (χ2v) is 4.56. The third-order valence-electron chi connectivity index (χ3n) is 2.19. The molecule has 1 N–H and O–H groups in total. The summed E-state index contributed by atoms with van der Waals surface area (Å²) < 4.78 is 10.8. The zero-order valence-corrected chi connectivity index (χ0v) is 10.6. The number of aromatic nitrogens is 1. The van der Waals surface area contributed by atoms with Gasteiger partial charge in [-0.25, -0.2) is 4.98 Å². The van der Waals surface area contributed by atoms with Gasteiger partial charge in [0.1, 0.15) is 17.8 Å². The van der Waals surface area contributed by atoms with Crippen molar-refractivity contribution in [1.82, 2.24) is 10.3 Å². The maximum Gasteiger partial charge on any atom is 0.255 e. The van der Waals surface area contributed by atoms with Crippen LogP contribution in [0.3, 0.4) is 0 Å². The molecular formula is C12H16N2O2S. The molecule has 2 heterocycles. The van der Waals surface area contributed by atoms with E-state index in [1.807, 2.05) is 12.1 Å². The number of thioether (sulfide) groups is 1. The van der Waals surface area contributed by atoms with E-state index in [-0.39, 0.29) is 0 Å². The summed E-state index contributed by atoms with van der Waals surface area (Å²) in [5, 5.41) is 3.98. The molecule has 0 aliphatic carbocycles. The summed E-state index contributed by atoms with van der Waals surface area (Å²) in [5.41, 5.74) is 0. The van der Waals surface area contributed by atoms with E-state index in [9.17, 15) is 0 Å². The van der Waals surface area contributed by atoms with E-state index < -0.39 is 0 Å². The minimum Gasteiger partial charge on any atom is -0.464 e. The molecule has 0 bridgehead atoms. The molecule has 0 aliphatic rings. The van der Waals surface area contributed by atoms with E-state index in [1.165, 1.54) is 11.8 Å². The zero-order chi connectivity index (χ0) is 11.9. The van der Waals surface area contributed by atoms with Crippen LogP contribution in [0.1, 0.15) is 24.9 Å². The van der Waals surface area contributed by atoms with Gasteiger partial charge in [0.05, 0.1) is 18.5 Å². The normalized spacial score (nSPS) is 10.9. The molecule has 17 heavy (non-hydrogen) atoms. The first kappa shape index (κ1) is 12.3. The molecule has 0 aliphatic heterocycles. The monoisotopic (exact) mass is 252 g/mol. The highest BCUT2D eigenvalue weighted by atomic mass is 32.2. The van der Waals surface area contributed by atoms with Crippen LogP contribution in [0.5, 0.6) is 0 Å². The van der Waals surface area contributed by atoms with Crippen LogP contribution in [-0.4, -0.2) is 11.5 Å². The van der Waals surface area contributed by atoms with Gasteiger partial charge in [0.25, 0.3) is 5.22 Å². The van der Waals surface area contributed by atoms with Crippen LogP contribution in [0.4, 0.5) is 0 Å². The number of hydrogen-bond donors (Lipinski definition) is 1. The summed E-state index contributed by atoms with van der Waals surface area (Å²) in [6, 6.07) is 4.01. The predicted molar refractivity (Wildman–Crippen MR) is 66.8 cm³/mol. The van der Waals surface area contributed by atoms with Crippen LogP contribution >= 0.6 is 11.8 Å². The Hall–Kier alpha value is -1.20. The maximum absolute atomic E-state index is 5.68. The molecule has 0 saturated carbocycles. The molecule has 0 saturated heterocycles. The molecule has 4 nitrogen and oxygen atoms in total. The summed E-state index contributed by atoms with van der Waals surface area (Å²) in [5.74, 6) is 2.66. The maximum atomic E-state index is 5.68. The molecule has 2 aromatic rings. The van der Waals surface area contributed by atoms with Crippen LogP contribution in [0.15, 0.2) is 38.6 Å². The Kier molecular flexibility index (Phi) is 4.70. The summed E-state index contributed by atoms with van der Waals surface area (Å²) in [4.78, 5) is 4.04. The second-order valence-electron chi connectivity index (χ2n) is 3.63. The summed E-state index contributed by atoms with van der Waals surface area (Å²) in [7, 11) is 0. The van der Waals surface area contributed by atoms with Crippen molar-refractivity contribution in [3.63, 3.8) is 0 Å². The number of nitrogens with one attached hydrogen (secondary N) is 1. The van der Waals surface area contributed by atoms with Crippen LogP contribution < -0.4 is 5.32 Å². The zero-order valence-electron chi connectivity index (χ0n) is 9.81. The average Bonchev–Trinajstić information content (AvgIpc) is 2.98. The van der Waals surface area contributed by atoms with E-state index >= 15 is 0 Å². The molecule has 0 aromatic carbocycles. The fourth-order valence-corrected chi connectivity index (χ4v) is 2.08. The smallest absolute Gasteiger partial charge is 0.255 e. The largest absolute Gasteiger partial charge is 0.464 e. The van der Waals surface area contributed by atoms with Crippen molar-refractivity contribution in [2.75, 3.05) is 6.54 Å². The first-order valence-electron chi connectivity index (χ1n) is 5.69. The molecule has 0 amide bonds. The van der Waals surface area contributed by atoms with Gasteiger partial charge in [-0.15, -0.1) is 0 Å². The SMILES string of the molecule is CCCNCc1ccc(CSc2ncco2)o1. The van der Waals surface area contributed by atoms with E-state index in [2.05, 4.69) is 17.2 Å². The predicted octanol–water partition coefficient (Wildman–Crippen LogP) is 3.06. The van der Waals surface area contributed by atoms with E-state index in [1.54, 1.807) is 12.5 Å². The van der Waals surface area contributed by atoms with Gasteiger partial charge >= 0.3 is 0 Å². The summed E-state index contributed by atoms with van der Waals surface area (Å²) in [6.07, 6.45) is 4.35. The van der Waals surface area contributed by atoms with Crippen molar-refractivity contribution in [3.05, 3.63) is 36.1 Å². The highest BCUT2D eigenvalue weighted by Gasteiger charge is 2.04. The molecule has 0 spiro atoms. The molecule has 92 valence electrons. The highest BCUT2D eigenvalue weighted by Crippen LogP contribution is 2.21. The van der Waals surface area contributed by atoms with Gasteiger partial charge in [-0.1, -0.05) is 18.7 Å². The Morgan fingerprint density at radius 2 is 2.24 bits per heavy atom. The Balaban J connectivity index is 1.77. The van der Waals surface area contributed by atoms with E-state index in [4.69, 9.17) is 8.83 Å². The quantitative estimate of drug-likeness (QED) is 0.606. The van der Waals surface area contributed by atoms with Gasteiger partial charge in [0, 0.05) is 0 Å². The lowest BCUT2D eigenvalue weighted by Gasteiger charge is -1.99. The molecule has 0 fully saturated rings. The molecule has 2 aromatic heterocycles. The topological polar surface area (TPSA) is 51.2 Å². The van der Waals surface area contributed by atoms with Gasteiger partial charge in [0.2, 0.25) is 0 Å². The lowest BCUT2D eigenvalue weighted by Crippen LogP contribution is -2.12. The van der Waals surface area contributed by atoms with Gasteiger partial charge in [-0.05, 0) is 25.1 Å². The number of oxazole rings is 1. The van der Waals surface area contributed by atoms with Gasteiger partial charge in [-0.3, -0.25) is 0 Å². The highest BCUT2D eigenvalue weighted by molar-refractivity contribution is 7.98. The van der Waals surface area contributed by atoms with Crippen LogP contribution in [-0.2, 0) is 12.3 Å². The fraction of sp³-hybridized carbons (Fsp3) is 0.417. The van der Waals surface area contributed by atoms with Crippen molar-refractivity contribution >= 4 is 11.8 Å². The van der Waals surface area contributed by atoms with Crippen molar-refractivity contribution in [3.8, 4) is 0 Å². The van der Waals surface area contributed by atoms with Crippen LogP contribution in [0.25, 0.3) is 0 Å². The minimum absolute atomic E-state index is 0.673. The Bertz CT molecular complexity index is 425. The number of nitrogens with zero attached hydrogens (tertiary/aromatic N) is 1. The molecule has 0 radical (unpaired) electrons. The molecule has 5 heteroatoms. The van der Waals surface area contributed by atoms with E-state index in [0.717, 1.165) is 36.8 Å². The third kappa shape index (κ3) is 3.94. The van der Waals surface area contributed by atoms with Crippen molar-refractivity contribution in [2.45, 2.75) is 30.9 Å². The third-order valence-corrected chi connectivity index (χ3v) is 3.07. The lowest BCUT2D eigenvalue weighted by molar-refractivity contribution is 0.448. The average molecular weight is 252 g/mol. The molecule has 0 unspecified atom stereocenters. The van der Waals surface area contributed by atoms with Crippen LogP contribution in [0.2, 0.25) is 0 Å². The van der Waals surface area contributed by atoms with E-state index in [0.29, 0.717) is 5.22 Å². The van der Waals surface area contributed by atoms with Crippen molar-refractivity contribution in [1.29, 1.82) is 0 Å². The van der Waals surface area contributed by atoms with Gasteiger partial charge in [-0.2, -0.15) is 0 Å². The standard InChI is InChI=1S/C12H16N2O2S/c1-2-5-13-8-10-3-4-11(16-10)9-17-12-14-6-7-15-12/h3-4,6-7,13H,2,5,8-9H2,1H3. The number of hydrogen-bond acceptors (Lipinski definition) is 5. The summed E-state index contributed by atoms with van der Waals surface area (Å²) >= 11 is 1.53. The molecular weight excluding hydrogens is 236 g/mol. The minimum atomic E-state index is 0.673.